The minimum atomic E-state index is 0.935. The van der Waals surface area contributed by atoms with Crippen LogP contribution in [-0.4, -0.2) is 0 Å². The molecule has 0 spiro atoms. The van der Waals surface area contributed by atoms with Crippen LogP contribution in [-0.2, 0) is 13.5 Å². The van der Waals surface area contributed by atoms with Crippen LogP contribution in [0.25, 0.3) is 11.1 Å². The number of fused-ring (bicyclic) bond motifs is 1. The van der Waals surface area contributed by atoms with E-state index in [0.29, 0.717) is 0 Å². The van der Waals surface area contributed by atoms with E-state index >= 15 is 0 Å². The first-order chi connectivity index (χ1) is 6.22. The maximum atomic E-state index is 5.69. The van der Waals surface area contributed by atoms with Gasteiger partial charge in [0.05, 0.1) is 6.42 Å². The van der Waals surface area contributed by atoms with Crippen molar-refractivity contribution in [2.24, 2.45) is 7.05 Å². The normalized spacial score (nSPS) is 11.0. The second-order valence-corrected chi connectivity index (χ2v) is 3.38. The largest absolute Gasteiger partial charge is 0.401 e. The first-order valence-electron chi connectivity index (χ1n) is 4.60. The highest BCUT2D eigenvalue weighted by molar-refractivity contribution is 5.69. The van der Waals surface area contributed by atoms with Crippen LogP contribution in [0.5, 0.6) is 0 Å². The van der Waals surface area contributed by atoms with Gasteiger partial charge in [-0.25, -0.2) is 0 Å². The molecule has 0 amide bonds. The standard InChI is InChI=1S/C11H14NO/c1-4-11-12(3)9-6-5-8(2)7-10(9)13-11/h5-7H,4H2,1-3H3/q+1. The Bertz CT molecular complexity index is 443. The molecule has 0 saturated carbocycles. The van der Waals surface area contributed by atoms with Crippen molar-refractivity contribution < 1.29 is 8.98 Å². The highest BCUT2D eigenvalue weighted by Gasteiger charge is 2.16. The second kappa shape index (κ2) is 2.87. The number of benzene rings is 1. The first-order valence-corrected chi connectivity index (χ1v) is 4.60. The maximum Gasteiger partial charge on any atom is 0.347 e. The lowest BCUT2D eigenvalue weighted by atomic mass is 10.2. The summed E-state index contributed by atoms with van der Waals surface area (Å²) in [4.78, 5) is 0. The minimum absolute atomic E-state index is 0.935. The van der Waals surface area contributed by atoms with Crippen LogP contribution >= 0.6 is 0 Å². The van der Waals surface area contributed by atoms with Gasteiger partial charge >= 0.3 is 5.89 Å². The molecular weight excluding hydrogens is 162 g/mol. The van der Waals surface area contributed by atoms with Crippen molar-refractivity contribution in [1.82, 2.24) is 0 Å². The quantitative estimate of drug-likeness (QED) is 0.608. The lowest BCUT2D eigenvalue weighted by Crippen LogP contribution is -2.30. The SMILES string of the molecule is CCc1oc2cc(C)ccc2[n+]1C. The Morgan fingerprint density at radius 3 is 2.85 bits per heavy atom. The third-order valence-electron chi connectivity index (χ3n) is 2.38. The number of aryl methyl sites for hydroxylation is 3. The van der Waals surface area contributed by atoms with Crippen LogP contribution in [0, 0.1) is 6.92 Å². The average molecular weight is 176 g/mol. The highest BCUT2D eigenvalue weighted by atomic mass is 16.4. The molecule has 2 aromatic rings. The smallest absolute Gasteiger partial charge is 0.347 e. The molecule has 2 nitrogen and oxygen atoms in total. The Morgan fingerprint density at radius 2 is 2.15 bits per heavy atom. The summed E-state index contributed by atoms with van der Waals surface area (Å²) < 4.78 is 7.80. The molecule has 0 fully saturated rings. The lowest BCUT2D eigenvalue weighted by molar-refractivity contribution is -0.658. The molecule has 0 bridgehead atoms. The number of oxazole rings is 1. The molecule has 0 saturated heterocycles. The van der Waals surface area contributed by atoms with Crippen molar-refractivity contribution in [2.45, 2.75) is 20.3 Å². The molecule has 0 aliphatic carbocycles. The number of hydrogen-bond donors (Lipinski definition) is 0. The number of hydrogen-bond acceptors (Lipinski definition) is 1. The van der Waals surface area contributed by atoms with E-state index in [1.165, 1.54) is 11.1 Å². The summed E-state index contributed by atoms with van der Waals surface area (Å²) >= 11 is 0. The van der Waals surface area contributed by atoms with E-state index in [2.05, 4.69) is 36.6 Å². The molecule has 68 valence electrons. The van der Waals surface area contributed by atoms with Crippen LogP contribution in [0.15, 0.2) is 22.6 Å². The van der Waals surface area contributed by atoms with Gasteiger partial charge < -0.3 is 4.42 Å². The highest BCUT2D eigenvalue weighted by Crippen LogP contribution is 2.14. The summed E-state index contributed by atoms with van der Waals surface area (Å²) in [7, 11) is 2.04. The van der Waals surface area contributed by atoms with Gasteiger partial charge in [-0.1, -0.05) is 13.0 Å². The summed E-state index contributed by atoms with van der Waals surface area (Å²) in [5, 5.41) is 0. The topological polar surface area (TPSA) is 17.0 Å². The predicted octanol–water partition coefficient (Wildman–Crippen LogP) is 2.13. The Hall–Kier alpha value is -1.31. The van der Waals surface area contributed by atoms with E-state index in [1.807, 2.05) is 7.05 Å². The van der Waals surface area contributed by atoms with Crippen molar-refractivity contribution in [3.63, 3.8) is 0 Å². The molecule has 2 rings (SSSR count). The summed E-state index contributed by atoms with van der Waals surface area (Å²) in [5.41, 5.74) is 3.39. The van der Waals surface area contributed by atoms with Gasteiger partial charge in [0.1, 0.15) is 7.05 Å². The van der Waals surface area contributed by atoms with Gasteiger partial charge in [-0.2, -0.15) is 4.57 Å². The maximum absolute atomic E-state index is 5.69. The third-order valence-corrected chi connectivity index (χ3v) is 2.38. The fourth-order valence-electron chi connectivity index (χ4n) is 1.62. The molecule has 1 aromatic carbocycles. The molecule has 1 aromatic heterocycles. The Balaban J connectivity index is 2.76. The van der Waals surface area contributed by atoms with Crippen LogP contribution < -0.4 is 4.57 Å². The predicted molar refractivity (Wildman–Crippen MR) is 51.5 cm³/mol. The van der Waals surface area contributed by atoms with E-state index < -0.39 is 0 Å². The molecule has 0 radical (unpaired) electrons. The molecule has 1 heterocycles. The Morgan fingerprint density at radius 1 is 1.38 bits per heavy atom. The average Bonchev–Trinajstić information content (AvgIpc) is 2.42. The van der Waals surface area contributed by atoms with Gasteiger partial charge in [0.15, 0.2) is 0 Å². The summed E-state index contributed by atoms with van der Waals surface area (Å²) in [5.74, 6) is 1.03. The lowest BCUT2D eigenvalue weighted by Gasteiger charge is -1.86. The molecule has 2 heteroatoms. The molecule has 13 heavy (non-hydrogen) atoms. The zero-order valence-electron chi connectivity index (χ0n) is 8.29. The Kier molecular flexibility index (Phi) is 1.83. The van der Waals surface area contributed by atoms with Crippen LogP contribution in [0.2, 0.25) is 0 Å². The van der Waals surface area contributed by atoms with Crippen molar-refractivity contribution in [3.8, 4) is 0 Å². The Labute approximate surface area is 77.8 Å². The van der Waals surface area contributed by atoms with E-state index in [-0.39, 0.29) is 0 Å². The second-order valence-electron chi connectivity index (χ2n) is 3.38. The van der Waals surface area contributed by atoms with Gasteiger partial charge in [-0.3, -0.25) is 0 Å². The van der Waals surface area contributed by atoms with Gasteiger partial charge in [0.25, 0.3) is 5.52 Å². The zero-order valence-corrected chi connectivity index (χ0v) is 8.29. The van der Waals surface area contributed by atoms with Gasteiger partial charge in [-0.05, 0) is 18.6 Å². The molecule has 0 aliphatic rings. The van der Waals surface area contributed by atoms with Crippen molar-refractivity contribution in [3.05, 3.63) is 29.7 Å². The van der Waals surface area contributed by atoms with E-state index in [9.17, 15) is 0 Å². The molecule has 0 atom stereocenters. The minimum Gasteiger partial charge on any atom is -0.401 e. The van der Waals surface area contributed by atoms with Crippen molar-refractivity contribution in [2.75, 3.05) is 0 Å². The van der Waals surface area contributed by atoms with E-state index in [4.69, 9.17) is 4.42 Å². The fourth-order valence-corrected chi connectivity index (χ4v) is 1.62. The van der Waals surface area contributed by atoms with Gasteiger partial charge in [-0.15, -0.1) is 0 Å². The summed E-state index contributed by atoms with van der Waals surface area (Å²) in [6, 6.07) is 6.29. The summed E-state index contributed by atoms with van der Waals surface area (Å²) in [6.45, 7) is 4.18. The zero-order chi connectivity index (χ0) is 9.42. The number of aromatic nitrogens is 1. The van der Waals surface area contributed by atoms with E-state index in [1.54, 1.807) is 0 Å². The monoisotopic (exact) mass is 176 g/mol. The van der Waals surface area contributed by atoms with Crippen molar-refractivity contribution in [1.29, 1.82) is 0 Å². The van der Waals surface area contributed by atoms with Crippen LogP contribution in [0.4, 0.5) is 0 Å². The van der Waals surface area contributed by atoms with Gasteiger partial charge in [0.2, 0.25) is 5.58 Å². The number of rotatable bonds is 1. The van der Waals surface area contributed by atoms with Crippen LogP contribution in [0.1, 0.15) is 18.4 Å². The first kappa shape index (κ1) is 8.30. The van der Waals surface area contributed by atoms with Crippen molar-refractivity contribution >= 4 is 11.1 Å². The molecule has 0 unspecified atom stereocenters. The fraction of sp³-hybridized carbons (Fsp3) is 0.364. The molecule has 0 aliphatic heterocycles. The molecular formula is C11H14NO+. The summed E-state index contributed by atoms with van der Waals surface area (Å²) in [6.07, 6.45) is 0.935. The third kappa shape index (κ3) is 1.22. The molecule has 0 N–H and O–H groups in total. The number of nitrogens with zero attached hydrogens (tertiary/aromatic N) is 1. The van der Waals surface area contributed by atoms with E-state index in [0.717, 1.165) is 17.9 Å². The van der Waals surface area contributed by atoms with Gasteiger partial charge in [0, 0.05) is 6.07 Å². The van der Waals surface area contributed by atoms with Crippen LogP contribution in [0.3, 0.4) is 0 Å².